The Kier molecular flexibility index (Phi) is 32.8. The Labute approximate surface area is 704 Å². The van der Waals surface area contributed by atoms with E-state index in [2.05, 4.69) is 72.2 Å². The van der Waals surface area contributed by atoms with Gasteiger partial charge in [-0.2, -0.15) is 35.1 Å². The van der Waals surface area contributed by atoms with Gasteiger partial charge in [0.2, 0.25) is 58.0 Å². The van der Waals surface area contributed by atoms with Gasteiger partial charge in [-0.15, -0.1) is 0 Å². The zero-order valence-electron chi connectivity index (χ0n) is 69.4. The van der Waals surface area contributed by atoms with Crippen molar-refractivity contribution in [3.8, 4) is 57.5 Å². The number of benzene rings is 10. The first-order valence-corrected chi connectivity index (χ1v) is 39.0. The van der Waals surface area contributed by atoms with Crippen LogP contribution in [-0.4, -0.2) is 68.1 Å². The van der Waals surface area contributed by atoms with Crippen LogP contribution in [0.1, 0.15) is 136 Å². The maximum Gasteiger partial charge on any atom is 0.205 e. The first-order valence-electron chi connectivity index (χ1n) is 39.0. The summed E-state index contributed by atoms with van der Waals surface area (Å²) in [7, 11) is 6.51. The van der Waals surface area contributed by atoms with Crippen LogP contribution in [0.5, 0.6) is 57.5 Å². The van der Waals surface area contributed by atoms with E-state index in [-0.39, 0.29) is 48.1 Å². The number of ether oxygens (including phenoxy) is 10. The fourth-order valence-electron chi connectivity index (χ4n) is 14.7. The summed E-state index contributed by atoms with van der Waals surface area (Å²) in [5.41, 5.74) is 1.55. The lowest BCUT2D eigenvalue weighted by Crippen LogP contribution is -2.24. The van der Waals surface area contributed by atoms with E-state index in [4.69, 9.17) is 47.4 Å². The highest BCUT2D eigenvalue weighted by atomic mass is 19.2. The molecule has 0 amide bonds. The van der Waals surface area contributed by atoms with Crippen LogP contribution in [0.2, 0.25) is 0 Å². The summed E-state index contributed by atoms with van der Waals surface area (Å²) in [6, 6.07) is 43.5. The molecule has 12 rings (SSSR count). The topological polar surface area (TPSA) is 92.3 Å². The predicted octanol–water partition coefficient (Wildman–Crippen LogP) is 26.5. The van der Waals surface area contributed by atoms with Crippen LogP contribution >= 0.6 is 0 Å². The van der Waals surface area contributed by atoms with Crippen LogP contribution in [0.25, 0.3) is 24.3 Å². The highest BCUT2D eigenvalue weighted by molar-refractivity contribution is 5.57. The van der Waals surface area contributed by atoms with E-state index in [1.54, 1.807) is 77.0 Å². The smallest absolute Gasteiger partial charge is 0.205 e. The molecule has 2 aliphatic rings. The van der Waals surface area contributed by atoms with Crippen molar-refractivity contribution in [2.45, 2.75) is 96.3 Å². The average Bonchev–Trinajstić information content (AvgIpc) is 1.41. The molecule has 2 aliphatic carbocycles. The van der Waals surface area contributed by atoms with Gasteiger partial charge in [-0.1, -0.05) is 184 Å². The maximum absolute atomic E-state index is 14.4. The first-order chi connectivity index (χ1) is 58.5. The number of methoxy groups -OCH3 is 4. The summed E-state index contributed by atoms with van der Waals surface area (Å²) in [6.45, 7) is 26.3. The lowest BCUT2D eigenvalue weighted by Gasteiger charge is -2.31. The summed E-state index contributed by atoms with van der Waals surface area (Å²) < 4.78 is 276. The lowest BCUT2D eigenvalue weighted by atomic mass is 9.73. The van der Waals surface area contributed by atoms with Crippen LogP contribution in [0.15, 0.2) is 172 Å². The quantitative estimate of drug-likeness (QED) is 0.0246. The van der Waals surface area contributed by atoms with Crippen LogP contribution in [0.4, 0.5) is 70.2 Å². The van der Waals surface area contributed by atoms with Crippen molar-refractivity contribution in [3.63, 3.8) is 0 Å². The zero-order chi connectivity index (χ0) is 89.9. The molecule has 10 aromatic rings. The van der Waals surface area contributed by atoms with Crippen molar-refractivity contribution < 1.29 is 118 Å². The van der Waals surface area contributed by atoms with Crippen LogP contribution < -0.4 is 37.9 Å². The van der Waals surface area contributed by atoms with Crippen molar-refractivity contribution in [1.29, 1.82) is 0 Å². The normalized spacial score (nSPS) is 14.9. The molecule has 0 saturated heterocycles. The Morgan fingerprint density at radius 2 is 0.577 bits per heavy atom. The van der Waals surface area contributed by atoms with Crippen molar-refractivity contribution >= 4 is 24.3 Å². The van der Waals surface area contributed by atoms with Crippen molar-refractivity contribution in [2.24, 2.45) is 23.7 Å². The molecule has 10 nitrogen and oxygen atoms in total. The molecule has 2 unspecified atom stereocenters. The summed E-state index contributed by atoms with van der Waals surface area (Å²) >= 11 is 0. The van der Waals surface area contributed by atoms with Gasteiger partial charge < -0.3 is 47.4 Å². The third-order valence-corrected chi connectivity index (χ3v) is 21.8. The van der Waals surface area contributed by atoms with Gasteiger partial charge in [0.05, 0.1) is 49.7 Å². The van der Waals surface area contributed by atoms with Gasteiger partial charge >= 0.3 is 0 Å². The minimum absolute atomic E-state index is 0.0328. The summed E-state index contributed by atoms with van der Waals surface area (Å²) in [5.74, 6) is -25.2. The molecule has 0 heterocycles. The van der Waals surface area contributed by atoms with E-state index >= 15 is 0 Å². The van der Waals surface area contributed by atoms with Crippen LogP contribution in [-0.2, 0) is 25.7 Å². The van der Waals surface area contributed by atoms with Gasteiger partial charge in [0, 0.05) is 43.1 Å². The van der Waals surface area contributed by atoms with E-state index in [9.17, 15) is 70.2 Å². The second-order valence-corrected chi connectivity index (χ2v) is 30.7. The Hall–Kier alpha value is -11.6. The molecule has 2 fully saturated rings. The molecular formula is C97H94F16O10. The van der Waals surface area contributed by atoms with E-state index < -0.39 is 144 Å². The molecule has 654 valence electrons. The molecule has 2 bridgehead atoms. The monoisotopic (exact) mass is 1720 g/mol. The summed E-state index contributed by atoms with van der Waals surface area (Å²) in [6.07, 6.45) is 9.10. The lowest BCUT2D eigenvalue weighted by molar-refractivity contribution is 0.106. The Morgan fingerprint density at radius 3 is 0.935 bits per heavy atom. The maximum atomic E-state index is 14.4. The Morgan fingerprint density at radius 1 is 0.285 bits per heavy atom. The molecule has 0 aromatic heterocycles. The third kappa shape index (κ3) is 22.2. The van der Waals surface area contributed by atoms with E-state index in [0.717, 1.165) is 96.1 Å². The molecule has 10 aromatic carbocycles. The van der Waals surface area contributed by atoms with Crippen molar-refractivity contribution in [2.75, 3.05) is 68.1 Å². The van der Waals surface area contributed by atoms with Gasteiger partial charge in [0.1, 0.15) is 54.3 Å². The molecule has 0 N–H and O–H groups in total. The largest absolute Gasteiger partial charge is 0.497 e. The third-order valence-electron chi connectivity index (χ3n) is 21.8. The molecule has 0 radical (unpaired) electrons. The second-order valence-electron chi connectivity index (χ2n) is 30.7. The zero-order valence-corrected chi connectivity index (χ0v) is 69.4. The summed E-state index contributed by atoms with van der Waals surface area (Å²) in [5, 5.41) is 0. The predicted molar refractivity (Wildman–Crippen MR) is 441 cm³/mol. The molecule has 26 heteroatoms. The molecular weight excluding hydrogens is 1630 g/mol. The minimum Gasteiger partial charge on any atom is -0.497 e. The molecule has 123 heavy (non-hydrogen) atoms. The van der Waals surface area contributed by atoms with E-state index in [1.807, 2.05) is 68.4 Å². The number of hydrogen-bond acceptors (Lipinski definition) is 10. The van der Waals surface area contributed by atoms with Gasteiger partial charge in [-0.05, 0) is 143 Å². The van der Waals surface area contributed by atoms with E-state index in [0.29, 0.717) is 60.7 Å². The SMILES string of the molecule is C=Cc1c(F)c(F)c(OCC2CC3CCC(CC(COC)C3)C2)c(F)c1F.C=Cc1c(F)c(F)c(OCCOc2cccc(OCCOC)c2)c(F)c1F.C=Cc1c(F)c(F)c(Oc2ccc(C(C)(C)c3ccc(OC)cc3)cc2)c(F)c1F.C=Cc1c(F)c(F)c(Oc2ccc(C(C)(C)c3cccc(C(C)(C)c4cccc(OC)c4)c3)cc2)c(F)c1F. The molecule has 2 atom stereocenters. The molecule has 2 saturated carbocycles. The Balaban J connectivity index is 0.000000188. The fraction of sp³-hybridized carbons (Fsp3) is 0.299. The second kappa shape index (κ2) is 42.4. The Bertz CT molecular complexity index is 5230. The fourth-order valence-corrected chi connectivity index (χ4v) is 14.7. The van der Waals surface area contributed by atoms with Crippen molar-refractivity contribution in [1.82, 2.24) is 0 Å². The highest BCUT2D eigenvalue weighted by Gasteiger charge is 2.37. The molecule has 0 aliphatic heterocycles. The van der Waals surface area contributed by atoms with Crippen LogP contribution in [0, 0.1) is 117 Å². The summed E-state index contributed by atoms with van der Waals surface area (Å²) in [4.78, 5) is 0. The van der Waals surface area contributed by atoms with Gasteiger partial charge in [0.15, 0.2) is 58.0 Å². The molecule has 0 spiro atoms. The minimum atomic E-state index is -1.63. The number of fused-ring (bicyclic) bond motifs is 3. The van der Waals surface area contributed by atoms with Gasteiger partial charge in [0.25, 0.3) is 0 Å². The standard InChI is InChI=1S/C33H30F4O2.C24H20F4O2.C21H26F4O2.C19H18F4O4/c1-7-26-27(34)29(36)31(30(37)28(26)35)39-24-16-14-20(15-17-24)32(2,3)21-10-8-11-22(18-21)33(4,5)23-12-9-13-25(19-23)38-6;1-5-18-19(25)21(27)23(22(28)20(18)26)30-17-12-8-15(9-13-17)24(2,3)14-6-10-16(29-4)11-7-14;1-3-16-17(22)19(24)21(20(25)18(16)23)27-11-15-8-12-4-5-13(9-15)7-14(6-12)10-26-2;1-3-14-15(20)17(22)19(18(23)16(14)21)27-10-9-26-13-6-4-5-12(11-13)25-8-7-24-2/h7-19H,1H2,2-6H3;5-13H,1H2,2-4H3;3,12-15H,1,4-11H2,2H3;3-6,11H,1,7-10H2,2H3. The van der Waals surface area contributed by atoms with Crippen LogP contribution in [0.3, 0.4) is 0 Å². The van der Waals surface area contributed by atoms with Gasteiger partial charge in [-0.25, -0.2) is 35.1 Å². The van der Waals surface area contributed by atoms with Crippen molar-refractivity contribution in [3.05, 3.63) is 321 Å². The number of halogens is 16. The van der Waals surface area contributed by atoms with E-state index in [1.165, 1.54) is 24.3 Å². The highest BCUT2D eigenvalue weighted by Crippen LogP contribution is 2.46. The number of hydrogen-bond donors (Lipinski definition) is 0. The first kappa shape index (κ1) is 95.2. The number of rotatable bonds is 30. The van der Waals surface area contributed by atoms with Gasteiger partial charge in [-0.3, -0.25) is 0 Å². The average molecular weight is 1720 g/mol.